The van der Waals surface area contributed by atoms with Gasteiger partial charge in [-0.2, -0.15) is 4.98 Å². The summed E-state index contributed by atoms with van der Waals surface area (Å²) in [6.07, 6.45) is 0. The van der Waals surface area contributed by atoms with E-state index in [0.29, 0.717) is 11.7 Å². The Hall–Kier alpha value is -1.10. The van der Waals surface area contributed by atoms with E-state index < -0.39 is 5.37 Å². The molecule has 0 aliphatic heterocycles. The number of halogens is 1. The molecule has 1 heterocycles. The summed E-state index contributed by atoms with van der Waals surface area (Å²) in [5.41, 5.74) is 0. The molecule has 0 saturated carbocycles. The molecular weight excluding hydrogens is 182 g/mol. The normalized spacial score (nSPS) is 9.92. The molecule has 0 bridgehead atoms. The fourth-order valence-electron chi connectivity index (χ4n) is 0.669. The molecule has 1 rings (SSSR count). The van der Waals surface area contributed by atoms with E-state index in [1.54, 1.807) is 14.0 Å². The molecule has 0 aromatic carbocycles. The summed E-state index contributed by atoms with van der Waals surface area (Å²) in [6, 6.07) is 0. The third-order valence-corrected chi connectivity index (χ3v) is 1.53. The van der Waals surface area contributed by atoms with Crippen molar-refractivity contribution in [3.05, 3.63) is 11.7 Å². The first-order chi connectivity index (χ1) is 5.59. The molecule has 66 valence electrons. The molecule has 0 aliphatic carbocycles. The van der Waals surface area contributed by atoms with Gasteiger partial charge in [0.1, 0.15) is 6.54 Å². The zero-order chi connectivity index (χ0) is 9.14. The molecule has 5 nitrogen and oxygen atoms in total. The molecule has 1 aromatic rings. The van der Waals surface area contributed by atoms with Crippen LogP contribution in [0.1, 0.15) is 11.7 Å². The van der Waals surface area contributed by atoms with Gasteiger partial charge in [-0.15, -0.1) is 0 Å². The smallest absolute Gasteiger partial charge is 0.316 e. The minimum atomic E-state index is -0.550. The Morgan fingerprint density at radius 1 is 1.75 bits per heavy atom. The molecule has 1 amide bonds. The first-order valence-corrected chi connectivity index (χ1v) is 3.67. The topological polar surface area (TPSA) is 59.2 Å². The number of hydrogen-bond donors (Lipinski definition) is 0. The van der Waals surface area contributed by atoms with Gasteiger partial charge in [0.25, 0.3) is 0 Å². The van der Waals surface area contributed by atoms with Crippen molar-refractivity contribution in [1.82, 2.24) is 15.0 Å². The molecule has 6 heteroatoms. The Morgan fingerprint density at radius 2 is 2.42 bits per heavy atom. The van der Waals surface area contributed by atoms with Crippen LogP contribution >= 0.6 is 11.6 Å². The fourth-order valence-corrected chi connectivity index (χ4v) is 0.729. The number of nitrogens with zero attached hydrogens (tertiary/aromatic N) is 3. The summed E-state index contributed by atoms with van der Waals surface area (Å²) in [5.74, 6) is 0.921. The number of aromatic nitrogens is 2. The van der Waals surface area contributed by atoms with E-state index in [2.05, 4.69) is 10.1 Å². The zero-order valence-electron chi connectivity index (χ0n) is 6.74. The van der Waals surface area contributed by atoms with Crippen molar-refractivity contribution in [2.45, 2.75) is 13.5 Å². The summed E-state index contributed by atoms with van der Waals surface area (Å²) >= 11 is 5.18. The Bertz CT molecular complexity index is 286. The van der Waals surface area contributed by atoms with Crippen molar-refractivity contribution in [3.8, 4) is 0 Å². The number of rotatable bonds is 2. The van der Waals surface area contributed by atoms with Crippen LogP contribution in [0.3, 0.4) is 0 Å². The van der Waals surface area contributed by atoms with Gasteiger partial charge in [0.05, 0.1) is 0 Å². The second-order valence-corrected chi connectivity index (χ2v) is 2.67. The van der Waals surface area contributed by atoms with Gasteiger partial charge in [0.2, 0.25) is 5.89 Å². The summed E-state index contributed by atoms with van der Waals surface area (Å²) in [5, 5.41) is 3.01. The predicted molar refractivity (Wildman–Crippen MR) is 41.8 cm³/mol. The van der Waals surface area contributed by atoms with E-state index in [4.69, 9.17) is 16.1 Å². The quantitative estimate of drug-likeness (QED) is 0.518. The zero-order valence-corrected chi connectivity index (χ0v) is 7.50. The van der Waals surface area contributed by atoms with E-state index >= 15 is 0 Å². The molecule has 0 unspecified atom stereocenters. The highest BCUT2D eigenvalue weighted by atomic mass is 35.5. The molecule has 12 heavy (non-hydrogen) atoms. The SMILES string of the molecule is Cc1noc(CN(C)C(=O)Cl)n1. The van der Waals surface area contributed by atoms with Gasteiger partial charge in [-0.1, -0.05) is 5.16 Å². The van der Waals surface area contributed by atoms with E-state index in [1.807, 2.05) is 0 Å². The third-order valence-electron chi connectivity index (χ3n) is 1.24. The average Bonchev–Trinajstić information content (AvgIpc) is 2.35. The molecule has 0 atom stereocenters. The summed E-state index contributed by atoms with van der Waals surface area (Å²) < 4.78 is 4.77. The van der Waals surface area contributed by atoms with Gasteiger partial charge >= 0.3 is 5.37 Å². The highest BCUT2D eigenvalue weighted by Crippen LogP contribution is 2.02. The number of carbonyl (C=O) groups excluding carboxylic acids is 1. The van der Waals surface area contributed by atoms with E-state index in [1.165, 1.54) is 4.90 Å². The summed E-state index contributed by atoms with van der Waals surface area (Å²) in [4.78, 5) is 15.7. The largest absolute Gasteiger partial charge is 0.337 e. The van der Waals surface area contributed by atoms with E-state index in [9.17, 15) is 4.79 Å². The highest BCUT2D eigenvalue weighted by Gasteiger charge is 2.09. The molecule has 0 aliphatic rings. The first-order valence-electron chi connectivity index (χ1n) is 3.29. The van der Waals surface area contributed by atoms with Crippen LogP contribution in [-0.4, -0.2) is 27.5 Å². The summed E-state index contributed by atoms with van der Waals surface area (Å²) in [7, 11) is 1.55. The van der Waals surface area contributed by atoms with Crippen LogP contribution in [-0.2, 0) is 6.54 Å². The minimum absolute atomic E-state index is 0.239. The van der Waals surface area contributed by atoms with Gasteiger partial charge < -0.3 is 9.42 Å². The van der Waals surface area contributed by atoms with Crippen molar-refractivity contribution >= 4 is 17.0 Å². The van der Waals surface area contributed by atoms with Crippen molar-refractivity contribution in [2.75, 3.05) is 7.05 Å². The lowest BCUT2D eigenvalue weighted by molar-refractivity contribution is 0.222. The van der Waals surface area contributed by atoms with Crippen molar-refractivity contribution in [1.29, 1.82) is 0 Å². The monoisotopic (exact) mass is 189 g/mol. The van der Waals surface area contributed by atoms with Crippen LogP contribution in [0, 0.1) is 6.92 Å². The lowest BCUT2D eigenvalue weighted by Crippen LogP contribution is -2.20. The van der Waals surface area contributed by atoms with Crippen LogP contribution in [0.25, 0.3) is 0 Å². The average molecular weight is 190 g/mol. The lowest BCUT2D eigenvalue weighted by atomic mass is 10.6. The van der Waals surface area contributed by atoms with Crippen molar-refractivity contribution in [3.63, 3.8) is 0 Å². The number of amides is 1. The molecule has 0 radical (unpaired) electrons. The standard InChI is InChI=1S/C6H8ClN3O2/c1-4-8-5(12-9-4)3-10(2)6(7)11/h3H2,1-2H3. The van der Waals surface area contributed by atoms with Gasteiger partial charge in [0, 0.05) is 7.05 Å². The van der Waals surface area contributed by atoms with E-state index in [0.717, 1.165) is 0 Å². The van der Waals surface area contributed by atoms with Crippen LogP contribution in [0.5, 0.6) is 0 Å². The second-order valence-electron chi connectivity index (χ2n) is 2.34. The molecule has 0 saturated heterocycles. The number of carbonyl (C=O) groups is 1. The highest BCUT2D eigenvalue weighted by molar-refractivity contribution is 6.62. The van der Waals surface area contributed by atoms with Gasteiger partial charge in [-0.05, 0) is 18.5 Å². The number of aryl methyl sites for hydroxylation is 1. The summed E-state index contributed by atoms with van der Waals surface area (Å²) in [6.45, 7) is 1.94. The van der Waals surface area contributed by atoms with Crippen LogP contribution in [0.15, 0.2) is 4.52 Å². The van der Waals surface area contributed by atoms with Gasteiger partial charge in [-0.3, -0.25) is 4.79 Å². The lowest BCUT2D eigenvalue weighted by Gasteiger charge is -2.08. The molecular formula is C6H8ClN3O2. The fraction of sp³-hybridized carbons (Fsp3) is 0.500. The predicted octanol–water partition coefficient (Wildman–Crippen LogP) is 1.17. The van der Waals surface area contributed by atoms with E-state index in [-0.39, 0.29) is 6.54 Å². The Labute approximate surface area is 74.3 Å². The Balaban J connectivity index is 2.58. The van der Waals surface area contributed by atoms with Crippen LogP contribution in [0.2, 0.25) is 0 Å². The maximum absolute atomic E-state index is 10.6. The second kappa shape index (κ2) is 3.53. The van der Waals surface area contributed by atoms with Gasteiger partial charge in [-0.25, -0.2) is 0 Å². The molecule has 0 N–H and O–H groups in total. The molecule has 1 aromatic heterocycles. The molecule has 0 fully saturated rings. The van der Waals surface area contributed by atoms with Crippen LogP contribution < -0.4 is 0 Å². The minimum Gasteiger partial charge on any atom is -0.337 e. The number of hydrogen-bond acceptors (Lipinski definition) is 4. The van der Waals surface area contributed by atoms with Crippen molar-refractivity contribution in [2.24, 2.45) is 0 Å². The van der Waals surface area contributed by atoms with Gasteiger partial charge in [0.15, 0.2) is 5.82 Å². The maximum Gasteiger partial charge on any atom is 0.316 e. The Kier molecular flexibility index (Phi) is 2.65. The third kappa shape index (κ3) is 2.20. The van der Waals surface area contributed by atoms with Crippen molar-refractivity contribution < 1.29 is 9.32 Å². The maximum atomic E-state index is 10.6. The molecule has 0 spiro atoms. The Morgan fingerprint density at radius 3 is 2.83 bits per heavy atom. The van der Waals surface area contributed by atoms with Crippen LogP contribution in [0.4, 0.5) is 4.79 Å². The first kappa shape index (κ1) is 8.99.